The van der Waals surface area contributed by atoms with E-state index in [2.05, 4.69) is 6.07 Å². The van der Waals surface area contributed by atoms with Crippen molar-refractivity contribution in [1.82, 2.24) is 0 Å². The van der Waals surface area contributed by atoms with Gasteiger partial charge in [0.1, 0.15) is 0 Å². The van der Waals surface area contributed by atoms with Crippen molar-refractivity contribution in [3.63, 3.8) is 0 Å². The predicted molar refractivity (Wildman–Crippen MR) is 80.1 cm³/mol. The predicted octanol–water partition coefficient (Wildman–Crippen LogP) is 4.92. The van der Waals surface area contributed by atoms with Gasteiger partial charge >= 0.3 is 0 Å². The first kappa shape index (κ1) is 6.72. The van der Waals surface area contributed by atoms with Gasteiger partial charge in [-0.15, -0.1) is 0 Å². The van der Waals surface area contributed by atoms with Crippen LogP contribution in [0.2, 0.25) is 0 Å². The number of benzene rings is 3. The molecule has 0 bridgehead atoms. The molecule has 0 atom stereocenters. The highest BCUT2D eigenvalue weighted by atomic mass is 14.2. The van der Waals surface area contributed by atoms with Crippen LogP contribution in [0.15, 0.2) is 72.7 Å². The Labute approximate surface area is 120 Å². The molecular formula is C19H14. The SMILES string of the molecule is [2H]c1c([2H])c([2H])c(-c2cccc3c2-c2ccccc2C3)c([2H])c1[2H]. The van der Waals surface area contributed by atoms with Gasteiger partial charge in [0, 0.05) is 0 Å². The van der Waals surface area contributed by atoms with Gasteiger partial charge in [0.15, 0.2) is 0 Å². The van der Waals surface area contributed by atoms with Gasteiger partial charge in [0.2, 0.25) is 0 Å². The van der Waals surface area contributed by atoms with Crippen LogP contribution in [0.1, 0.15) is 18.0 Å². The Bertz CT molecular complexity index is 962. The molecule has 0 radical (unpaired) electrons. The Morgan fingerprint density at radius 3 is 2.37 bits per heavy atom. The van der Waals surface area contributed by atoms with Gasteiger partial charge in [-0.05, 0) is 39.8 Å². The lowest BCUT2D eigenvalue weighted by Crippen LogP contribution is -1.85. The summed E-state index contributed by atoms with van der Waals surface area (Å²) in [6.45, 7) is 0. The van der Waals surface area contributed by atoms with Crippen LogP contribution in [0.5, 0.6) is 0 Å². The van der Waals surface area contributed by atoms with Crippen molar-refractivity contribution in [3.05, 3.63) is 83.8 Å². The zero-order chi connectivity index (χ0) is 17.0. The molecule has 3 aromatic rings. The van der Waals surface area contributed by atoms with E-state index in [-0.39, 0.29) is 35.8 Å². The van der Waals surface area contributed by atoms with E-state index in [1.807, 2.05) is 36.4 Å². The van der Waals surface area contributed by atoms with Crippen molar-refractivity contribution < 1.29 is 6.85 Å². The van der Waals surface area contributed by atoms with Crippen LogP contribution < -0.4 is 0 Å². The van der Waals surface area contributed by atoms with Gasteiger partial charge in [-0.3, -0.25) is 0 Å². The molecule has 0 unspecified atom stereocenters. The van der Waals surface area contributed by atoms with Crippen molar-refractivity contribution >= 4 is 0 Å². The fourth-order valence-electron chi connectivity index (χ4n) is 2.78. The second-order valence-corrected chi connectivity index (χ2v) is 4.67. The maximum Gasteiger partial charge on any atom is 0.0629 e. The summed E-state index contributed by atoms with van der Waals surface area (Å²) in [4.78, 5) is 0. The van der Waals surface area contributed by atoms with Gasteiger partial charge in [-0.1, -0.05) is 72.7 Å². The van der Waals surface area contributed by atoms with E-state index in [4.69, 9.17) is 6.85 Å². The lowest BCUT2D eigenvalue weighted by Gasteiger charge is -2.09. The zero-order valence-corrected chi connectivity index (χ0v) is 10.2. The zero-order valence-electron chi connectivity index (χ0n) is 15.2. The fourth-order valence-corrected chi connectivity index (χ4v) is 2.78. The standard InChI is InChI=1S/C19H14/c1-2-7-14(8-3-1)17-12-6-10-16-13-15-9-4-5-11-18(15)19(16)17/h1-12H,13H2/i1D,2D,3D,7D,8D. The normalized spacial score (nSPS) is 15.7. The summed E-state index contributed by atoms with van der Waals surface area (Å²) in [5, 5.41) is 0. The molecular weight excluding hydrogens is 228 g/mol. The molecule has 1 aliphatic rings. The quantitative estimate of drug-likeness (QED) is 0.447. The highest BCUT2D eigenvalue weighted by Crippen LogP contribution is 2.42. The summed E-state index contributed by atoms with van der Waals surface area (Å²) in [7, 11) is 0. The van der Waals surface area contributed by atoms with E-state index < -0.39 is 0 Å². The first-order valence-corrected chi connectivity index (χ1v) is 6.28. The molecule has 0 aromatic heterocycles. The average Bonchev–Trinajstić information content (AvgIpc) is 2.98. The maximum atomic E-state index is 8.25. The molecule has 90 valence electrons. The second-order valence-electron chi connectivity index (χ2n) is 4.67. The van der Waals surface area contributed by atoms with Gasteiger partial charge in [-0.2, -0.15) is 0 Å². The summed E-state index contributed by atoms with van der Waals surface area (Å²) in [5.74, 6) is 0. The van der Waals surface area contributed by atoms with Crippen molar-refractivity contribution in [2.75, 3.05) is 0 Å². The maximum absolute atomic E-state index is 8.25. The van der Waals surface area contributed by atoms with Gasteiger partial charge in [0.25, 0.3) is 0 Å². The third-order valence-electron chi connectivity index (χ3n) is 3.59. The Balaban J connectivity index is 2.08. The molecule has 0 heterocycles. The largest absolute Gasteiger partial charge is 0.0629 e. The number of fused-ring (bicyclic) bond motifs is 3. The van der Waals surface area contributed by atoms with Crippen LogP contribution in [0.25, 0.3) is 22.3 Å². The Morgan fingerprint density at radius 2 is 1.47 bits per heavy atom. The van der Waals surface area contributed by atoms with E-state index >= 15 is 0 Å². The smallest absolute Gasteiger partial charge is 0.0622 e. The van der Waals surface area contributed by atoms with Crippen LogP contribution in [0.4, 0.5) is 0 Å². The van der Waals surface area contributed by atoms with E-state index in [9.17, 15) is 0 Å². The van der Waals surface area contributed by atoms with Gasteiger partial charge < -0.3 is 0 Å². The Morgan fingerprint density at radius 1 is 0.737 bits per heavy atom. The van der Waals surface area contributed by atoms with Gasteiger partial charge in [-0.25, -0.2) is 0 Å². The monoisotopic (exact) mass is 247 g/mol. The molecule has 3 aromatic carbocycles. The summed E-state index contributed by atoms with van der Waals surface area (Å²) in [6.07, 6.45) is 0.804. The summed E-state index contributed by atoms with van der Waals surface area (Å²) in [5.41, 5.74) is 5.36. The van der Waals surface area contributed by atoms with Crippen molar-refractivity contribution in [2.45, 2.75) is 6.42 Å². The Hall–Kier alpha value is -2.34. The van der Waals surface area contributed by atoms with Crippen LogP contribution in [0, 0.1) is 0 Å². The van der Waals surface area contributed by atoms with Crippen LogP contribution in [-0.2, 0) is 6.42 Å². The molecule has 0 nitrogen and oxygen atoms in total. The number of hydrogen-bond acceptors (Lipinski definition) is 0. The third-order valence-corrected chi connectivity index (χ3v) is 3.59. The molecule has 0 aliphatic heterocycles. The molecule has 0 heteroatoms. The lowest BCUT2D eigenvalue weighted by atomic mass is 9.94. The molecule has 4 rings (SSSR count). The Kier molecular flexibility index (Phi) is 1.45. The first-order valence-electron chi connectivity index (χ1n) is 8.78. The molecule has 0 N–H and O–H groups in total. The molecule has 0 spiro atoms. The minimum absolute atomic E-state index is 0.154. The highest BCUT2D eigenvalue weighted by molar-refractivity contribution is 5.90. The van der Waals surface area contributed by atoms with E-state index in [0.717, 1.165) is 23.1 Å². The first-order chi connectivity index (χ1) is 11.5. The van der Waals surface area contributed by atoms with Crippen LogP contribution in [-0.4, -0.2) is 0 Å². The highest BCUT2D eigenvalue weighted by Gasteiger charge is 2.20. The fraction of sp³-hybridized carbons (Fsp3) is 0.0526. The van der Waals surface area contributed by atoms with E-state index in [0.29, 0.717) is 5.56 Å². The summed E-state index contributed by atoms with van der Waals surface area (Å²) < 4.78 is 40.1. The lowest BCUT2D eigenvalue weighted by molar-refractivity contribution is 1.26. The molecule has 0 fully saturated rings. The van der Waals surface area contributed by atoms with Crippen LogP contribution in [0.3, 0.4) is 0 Å². The van der Waals surface area contributed by atoms with E-state index in [1.165, 1.54) is 5.56 Å². The molecule has 1 aliphatic carbocycles. The average molecular weight is 247 g/mol. The number of rotatable bonds is 1. The molecule has 19 heavy (non-hydrogen) atoms. The summed E-state index contributed by atoms with van der Waals surface area (Å²) >= 11 is 0. The second kappa shape index (κ2) is 4.10. The third kappa shape index (κ3) is 1.61. The van der Waals surface area contributed by atoms with Crippen LogP contribution >= 0.6 is 0 Å². The van der Waals surface area contributed by atoms with Gasteiger partial charge in [0.05, 0.1) is 6.85 Å². The minimum Gasteiger partial charge on any atom is -0.0622 e. The molecule has 0 saturated carbocycles. The molecule has 0 saturated heterocycles. The van der Waals surface area contributed by atoms with Crippen molar-refractivity contribution in [1.29, 1.82) is 0 Å². The van der Waals surface area contributed by atoms with Crippen molar-refractivity contribution in [3.8, 4) is 22.3 Å². The number of hydrogen-bond donors (Lipinski definition) is 0. The molecule has 0 amide bonds. The topological polar surface area (TPSA) is 0 Å². The van der Waals surface area contributed by atoms with E-state index in [1.54, 1.807) is 0 Å². The summed E-state index contributed by atoms with van der Waals surface area (Å²) in [6, 6.07) is 12.6. The minimum atomic E-state index is -0.360. The van der Waals surface area contributed by atoms with Crippen molar-refractivity contribution in [2.24, 2.45) is 0 Å².